The van der Waals surface area contributed by atoms with Crippen LogP contribution < -0.4 is 5.32 Å². The second-order valence-electron chi connectivity index (χ2n) is 7.19. The SMILES string of the molecule is Cc1ccc(CN2CC(C(=O)Nc3nc(-c4ccc(F)cc4)cs3)CC2=O)cc1. The van der Waals surface area contributed by atoms with Gasteiger partial charge in [0.25, 0.3) is 0 Å². The number of benzene rings is 2. The maximum Gasteiger partial charge on any atom is 0.231 e. The normalized spacial score (nSPS) is 16.3. The fraction of sp³-hybridized carbons (Fsp3) is 0.227. The van der Waals surface area contributed by atoms with Crippen LogP contribution in [0.2, 0.25) is 0 Å². The van der Waals surface area contributed by atoms with E-state index in [1.807, 2.05) is 36.6 Å². The lowest BCUT2D eigenvalue weighted by atomic mass is 10.1. The molecule has 1 aliphatic rings. The molecule has 2 aromatic carbocycles. The van der Waals surface area contributed by atoms with Gasteiger partial charge < -0.3 is 10.2 Å². The summed E-state index contributed by atoms with van der Waals surface area (Å²) in [4.78, 5) is 31.1. The number of carbonyl (C=O) groups excluding carboxylic acids is 2. The Balaban J connectivity index is 1.37. The van der Waals surface area contributed by atoms with Gasteiger partial charge in [0, 0.05) is 30.5 Å². The highest BCUT2D eigenvalue weighted by molar-refractivity contribution is 7.14. The summed E-state index contributed by atoms with van der Waals surface area (Å²) < 4.78 is 13.1. The van der Waals surface area contributed by atoms with E-state index in [-0.39, 0.29) is 24.1 Å². The highest BCUT2D eigenvalue weighted by Gasteiger charge is 2.34. The van der Waals surface area contributed by atoms with E-state index in [9.17, 15) is 14.0 Å². The second-order valence-corrected chi connectivity index (χ2v) is 8.05. The third-order valence-electron chi connectivity index (χ3n) is 4.95. The van der Waals surface area contributed by atoms with Gasteiger partial charge in [0.1, 0.15) is 5.82 Å². The standard InChI is InChI=1S/C22H20FN3O2S/c1-14-2-4-15(5-3-14)11-26-12-17(10-20(26)27)21(28)25-22-24-19(13-29-22)16-6-8-18(23)9-7-16/h2-9,13,17H,10-12H2,1H3,(H,24,25,28). The molecule has 0 spiro atoms. The molecule has 1 atom stereocenters. The molecule has 0 aliphatic carbocycles. The number of amides is 2. The molecule has 148 valence electrons. The van der Waals surface area contributed by atoms with E-state index in [0.29, 0.717) is 23.9 Å². The van der Waals surface area contributed by atoms with Crippen molar-refractivity contribution >= 4 is 28.3 Å². The number of anilines is 1. The molecule has 3 aromatic rings. The van der Waals surface area contributed by atoms with Gasteiger partial charge in [0.2, 0.25) is 11.8 Å². The minimum atomic E-state index is -0.397. The molecule has 2 amide bonds. The summed E-state index contributed by atoms with van der Waals surface area (Å²) >= 11 is 1.31. The van der Waals surface area contributed by atoms with Crippen molar-refractivity contribution in [3.8, 4) is 11.3 Å². The summed E-state index contributed by atoms with van der Waals surface area (Å²) in [6, 6.07) is 14.1. The van der Waals surface area contributed by atoms with E-state index >= 15 is 0 Å². The number of nitrogens with one attached hydrogen (secondary N) is 1. The number of hydrogen-bond acceptors (Lipinski definition) is 4. The van der Waals surface area contributed by atoms with Crippen LogP contribution in [0.15, 0.2) is 53.9 Å². The summed E-state index contributed by atoms with van der Waals surface area (Å²) in [5, 5.41) is 5.10. The highest BCUT2D eigenvalue weighted by atomic mass is 32.1. The van der Waals surface area contributed by atoms with Crippen molar-refractivity contribution < 1.29 is 14.0 Å². The molecule has 5 nitrogen and oxygen atoms in total. The minimum absolute atomic E-state index is 0.0168. The summed E-state index contributed by atoms with van der Waals surface area (Å²) in [5.41, 5.74) is 3.67. The molecule has 0 radical (unpaired) electrons. The Morgan fingerprint density at radius 3 is 2.66 bits per heavy atom. The lowest BCUT2D eigenvalue weighted by Crippen LogP contribution is -2.28. The van der Waals surface area contributed by atoms with Gasteiger partial charge in [-0.15, -0.1) is 11.3 Å². The molecule has 1 aliphatic heterocycles. The van der Waals surface area contributed by atoms with Crippen LogP contribution in [0.1, 0.15) is 17.5 Å². The van der Waals surface area contributed by atoms with Crippen LogP contribution in [0.25, 0.3) is 11.3 Å². The number of nitrogens with zero attached hydrogens (tertiary/aromatic N) is 2. The van der Waals surface area contributed by atoms with Crippen LogP contribution in [0.4, 0.5) is 9.52 Å². The number of rotatable bonds is 5. The van der Waals surface area contributed by atoms with Gasteiger partial charge in [-0.05, 0) is 36.8 Å². The zero-order valence-electron chi connectivity index (χ0n) is 15.9. The average molecular weight is 409 g/mol. The van der Waals surface area contributed by atoms with Crippen LogP contribution in [-0.2, 0) is 16.1 Å². The molecule has 2 heterocycles. The lowest BCUT2D eigenvalue weighted by Gasteiger charge is -2.16. The summed E-state index contributed by atoms with van der Waals surface area (Å²) in [7, 11) is 0. The molecule has 1 unspecified atom stereocenters. The van der Waals surface area contributed by atoms with Crippen molar-refractivity contribution in [2.45, 2.75) is 19.9 Å². The Hall–Kier alpha value is -3.06. The smallest absolute Gasteiger partial charge is 0.231 e. The van der Waals surface area contributed by atoms with Gasteiger partial charge in [-0.3, -0.25) is 9.59 Å². The van der Waals surface area contributed by atoms with Gasteiger partial charge in [0.15, 0.2) is 5.13 Å². The number of likely N-dealkylation sites (tertiary alicyclic amines) is 1. The van der Waals surface area contributed by atoms with Crippen LogP contribution in [0.5, 0.6) is 0 Å². The number of thiazole rings is 1. The lowest BCUT2D eigenvalue weighted by molar-refractivity contribution is -0.128. The molecular formula is C22H20FN3O2S. The van der Waals surface area contributed by atoms with E-state index < -0.39 is 5.92 Å². The molecule has 4 rings (SSSR count). The van der Waals surface area contributed by atoms with Crippen LogP contribution in [0, 0.1) is 18.7 Å². The van der Waals surface area contributed by atoms with E-state index in [2.05, 4.69) is 10.3 Å². The molecule has 29 heavy (non-hydrogen) atoms. The Morgan fingerprint density at radius 1 is 1.21 bits per heavy atom. The van der Waals surface area contributed by atoms with Crippen LogP contribution in [-0.4, -0.2) is 28.2 Å². The number of hydrogen-bond donors (Lipinski definition) is 1. The van der Waals surface area contributed by atoms with Gasteiger partial charge in [-0.25, -0.2) is 9.37 Å². The van der Waals surface area contributed by atoms with Gasteiger partial charge in [-0.2, -0.15) is 0 Å². The maximum atomic E-state index is 13.1. The molecule has 7 heteroatoms. The first-order valence-corrected chi connectivity index (χ1v) is 10.2. The van der Waals surface area contributed by atoms with Crippen LogP contribution in [0.3, 0.4) is 0 Å². The Morgan fingerprint density at radius 2 is 1.93 bits per heavy atom. The van der Waals surface area contributed by atoms with Crippen molar-refractivity contribution in [2.75, 3.05) is 11.9 Å². The molecule has 1 saturated heterocycles. The maximum absolute atomic E-state index is 13.1. The first-order valence-electron chi connectivity index (χ1n) is 9.33. The van der Waals surface area contributed by atoms with E-state index in [1.54, 1.807) is 17.0 Å². The zero-order chi connectivity index (χ0) is 20.4. The van der Waals surface area contributed by atoms with Gasteiger partial charge in [0.05, 0.1) is 11.6 Å². The predicted molar refractivity (Wildman–Crippen MR) is 111 cm³/mol. The van der Waals surface area contributed by atoms with Gasteiger partial charge in [-0.1, -0.05) is 29.8 Å². The van der Waals surface area contributed by atoms with Gasteiger partial charge >= 0.3 is 0 Å². The highest BCUT2D eigenvalue weighted by Crippen LogP contribution is 2.27. The Labute approximate surface area is 172 Å². The molecule has 1 aromatic heterocycles. The Bertz CT molecular complexity index is 1030. The minimum Gasteiger partial charge on any atom is -0.338 e. The quantitative estimate of drug-likeness (QED) is 0.685. The molecule has 1 N–H and O–H groups in total. The second kappa shape index (κ2) is 8.13. The average Bonchev–Trinajstić information content (AvgIpc) is 3.31. The van der Waals surface area contributed by atoms with Crippen LogP contribution >= 0.6 is 11.3 Å². The number of halogens is 1. The number of carbonyl (C=O) groups is 2. The third-order valence-corrected chi connectivity index (χ3v) is 5.71. The number of aromatic nitrogens is 1. The fourth-order valence-electron chi connectivity index (χ4n) is 3.31. The van der Waals surface area contributed by atoms with E-state index in [1.165, 1.54) is 29.0 Å². The molecule has 0 bridgehead atoms. The predicted octanol–water partition coefficient (Wildman–Crippen LogP) is 4.24. The van der Waals surface area contributed by atoms with Crippen molar-refractivity contribution in [2.24, 2.45) is 5.92 Å². The third kappa shape index (κ3) is 4.51. The zero-order valence-corrected chi connectivity index (χ0v) is 16.7. The number of aryl methyl sites for hydroxylation is 1. The summed E-state index contributed by atoms with van der Waals surface area (Å²) in [6.45, 7) is 2.93. The summed E-state index contributed by atoms with van der Waals surface area (Å²) in [6.07, 6.45) is 0.202. The monoisotopic (exact) mass is 409 g/mol. The molecular weight excluding hydrogens is 389 g/mol. The first-order chi connectivity index (χ1) is 14.0. The topological polar surface area (TPSA) is 62.3 Å². The fourth-order valence-corrected chi connectivity index (χ4v) is 4.03. The largest absolute Gasteiger partial charge is 0.338 e. The van der Waals surface area contributed by atoms with Crippen molar-refractivity contribution in [3.63, 3.8) is 0 Å². The van der Waals surface area contributed by atoms with E-state index in [0.717, 1.165) is 11.1 Å². The summed E-state index contributed by atoms with van der Waals surface area (Å²) in [5.74, 6) is -0.925. The van der Waals surface area contributed by atoms with Crippen molar-refractivity contribution in [1.82, 2.24) is 9.88 Å². The Kier molecular flexibility index (Phi) is 5.40. The molecule has 0 saturated carbocycles. The first kappa shape index (κ1) is 19.3. The molecule has 1 fully saturated rings. The van der Waals surface area contributed by atoms with E-state index in [4.69, 9.17) is 0 Å². The van der Waals surface area contributed by atoms with Crippen molar-refractivity contribution in [3.05, 3.63) is 70.9 Å². The van der Waals surface area contributed by atoms with Crippen molar-refractivity contribution in [1.29, 1.82) is 0 Å².